The molecule has 1 rings (SSSR count). The highest BCUT2D eigenvalue weighted by molar-refractivity contribution is 5.54. The van der Waals surface area contributed by atoms with Gasteiger partial charge in [0.15, 0.2) is 0 Å². The molecular weight excluding hydrogens is 251 g/mol. The van der Waals surface area contributed by atoms with Gasteiger partial charge in [-0.2, -0.15) is 23.7 Å². The van der Waals surface area contributed by atoms with Crippen LogP contribution in [0.2, 0.25) is 0 Å². The molecule has 0 heterocycles. The standard InChI is InChI=1S/C10H4F3N3O2/c11-10(12,13)8-4-9(16(17)18)7(5-15)3-6(8)1-2-14/h3-4H,1H2. The zero-order valence-electron chi connectivity index (χ0n) is 8.65. The Bertz CT molecular complexity index is 582. The van der Waals surface area contributed by atoms with Gasteiger partial charge in [0.2, 0.25) is 0 Å². The van der Waals surface area contributed by atoms with E-state index in [0.717, 1.165) is 6.07 Å². The molecule has 0 atom stereocenters. The molecule has 1 aromatic carbocycles. The molecule has 0 aliphatic rings. The average Bonchev–Trinajstić information content (AvgIpc) is 2.26. The van der Waals surface area contributed by atoms with Crippen LogP contribution in [0.25, 0.3) is 0 Å². The quantitative estimate of drug-likeness (QED) is 0.599. The van der Waals surface area contributed by atoms with Crippen molar-refractivity contribution in [1.29, 1.82) is 10.5 Å². The number of benzene rings is 1. The first-order valence-electron chi connectivity index (χ1n) is 4.46. The molecule has 0 fully saturated rings. The van der Waals surface area contributed by atoms with Crippen LogP contribution in [0.3, 0.4) is 0 Å². The number of hydrogen-bond acceptors (Lipinski definition) is 4. The van der Waals surface area contributed by atoms with Crippen molar-refractivity contribution >= 4 is 5.69 Å². The second kappa shape index (κ2) is 4.72. The number of nitriles is 2. The van der Waals surface area contributed by atoms with Crippen LogP contribution in [0, 0.1) is 32.8 Å². The summed E-state index contributed by atoms with van der Waals surface area (Å²) in [6.07, 6.45) is -5.40. The number of alkyl halides is 3. The van der Waals surface area contributed by atoms with Crippen LogP contribution in [0.5, 0.6) is 0 Å². The lowest BCUT2D eigenvalue weighted by atomic mass is 10.00. The molecule has 0 aromatic heterocycles. The number of rotatable bonds is 2. The molecule has 0 saturated carbocycles. The van der Waals surface area contributed by atoms with Crippen molar-refractivity contribution in [3.63, 3.8) is 0 Å². The predicted octanol–water partition coefficient (Wildman–Crippen LogP) is 2.55. The average molecular weight is 255 g/mol. The normalized spacial score (nSPS) is 10.5. The van der Waals surface area contributed by atoms with Gasteiger partial charge < -0.3 is 0 Å². The van der Waals surface area contributed by atoms with E-state index in [2.05, 4.69) is 0 Å². The van der Waals surface area contributed by atoms with E-state index >= 15 is 0 Å². The fourth-order valence-corrected chi connectivity index (χ4v) is 1.37. The molecule has 1 aromatic rings. The van der Waals surface area contributed by atoms with Gasteiger partial charge in [0.05, 0.1) is 23.0 Å². The van der Waals surface area contributed by atoms with Crippen LogP contribution in [-0.4, -0.2) is 4.92 Å². The molecule has 0 unspecified atom stereocenters. The van der Waals surface area contributed by atoms with E-state index in [1.165, 1.54) is 12.1 Å². The minimum absolute atomic E-state index is 0.283. The van der Waals surface area contributed by atoms with Crippen LogP contribution in [0.4, 0.5) is 18.9 Å². The Morgan fingerprint density at radius 2 is 1.94 bits per heavy atom. The highest BCUT2D eigenvalue weighted by Gasteiger charge is 2.36. The van der Waals surface area contributed by atoms with Gasteiger partial charge in [-0.25, -0.2) is 0 Å². The monoisotopic (exact) mass is 255 g/mol. The summed E-state index contributed by atoms with van der Waals surface area (Å²) in [5, 5.41) is 27.6. The van der Waals surface area contributed by atoms with Gasteiger partial charge in [0, 0.05) is 6.07 Å². The van der Waals surface area contributed by atoms with Crippen LogP contribution in [-0.2, 0) is 12.6 Å². The Kier molecular flexibility index (Phi) is 3.53. The summed E-state index contributed by atoms with van der Waals surface area (Å²) in [5.74, 6) is 0. The Hall–Kier alpha value is -2.61. The van der Waals surface area contributed by atoms with Gasteiger partial charge in [-0.15, -0.1) is 0 Å². The number of nitro benzene ring substituents is 1. The van der Waals surface area contributed by atoms with E-state index < -0.39 is 39.9 Å². The fourth-order valence-electron chi connectivity index (χ4n) is 1.37. The van der Waals surface area contributed by atoms with Gasteiger partial charge in [-0.3, -0.25) is 10.1 Å². The number of nitro groups is 1. The zero-order chi connectivity index (χ0) is 13.9. The summed E-state index contributed by atoms with van der Waals surface area (Å²) >= 11 is 0. The Labute approximate surface area is 98.8 Å². The van der Waals surface area contributed by atoms with E-state index in [1.807, 2.05) is 0 Å². The molecule has 0 saturated heterocycles. The van der Waals surface area contributed by atoms with Crippen molar-refractivity contribution in [1.82, 2.24) is 0 Å². The first-order chi connectivity index (χ1) is 8.31. The third-order valence-electron chi connectivity index (χ3n) is 2.11. The number of nitrogens with zero attached hydrogens (tertiary/aromatic N) is 3. The van der Waals surface area contributed by atoms with Crippen molar-refractivity contribution < 1.29 is 18.1 Å². The summed E-state index contributed by atoms with van der Waals surface area (Å²) in [5.41, 5.74) is -3.15. The van der Waals surface area contributed by atoms with Gasteiger partial charge >= 0.3 is 6.18 Å². The largest absolute Gasteiger partial charge is 0.416 e. The molecule has 92 valence electrons. The maximum absolute atomic E-state index is 12.6. The Balaban J connectivity index is 3.60. The summed E-state index contributed by atoms with van der Waals surface area (Å²) < 4.78 is 37.9. The van der Waals surface area contributed by atoms with E-state index in [-0.39, 0.29) is 6.07 Å². The molecule has 18 heavy (non-hydrogen) atoms. The van der Waals surface area contributed by atoms with Gasteiger partial charge in [0.1, 0.15) is 11.6 Å². The third kappa shape index (κ3) is 2.55. The first kappa shape index (κ1) is 13.5. The maximum Gasteiger partial charge on any atom is 0.416 e. The van der Waals surface area contributed by atoms with E-state index in [0.29, 0.717) is 0 Å². The van der Waals surface area contributed by atoms with Crippen LogP contribution < -0.4 is 0 Å². The zero-order valence-corrected chi connectivity index (χ0v) is 8.65. The van der Waals surface area contributed by atoms with Crippen molar-refractivity contribution in [3.05, 3.63) is 38.9 Å². The summed E-state index contributed by atoms with van der Waals surface area (Å²) in [7, 11) is 0. The first-order valence-corrected chi connectivity index (χ1v) is 4.46. The summed E-state index contributed by atoms with van der Waals surface area (Å²) in [6, 6.07) is 3.96. The van der Waals surface area contributed by atoms with Gasteiger partial charge in [0.25, 0.3) is 5.69 Å². The second-order valence-electron chi connectivity index (χ2n) is 3.23. The second-order valence-corrected chi connectivity index (χ2v) is 3.23. The molecule has 0 radical (unpaired) electrons. The van der Waals surface area contributed by atoms with E-state index in [1.54, 1.807) is 0 Å². The molecule has 0 spiro atoms. The minimum atomic E-state index is -4.81. The highest BCUT2D eigenvalue weighted by atomic mass is 19.4. The Morgan fingerprint density at radius 1 is 1.33 bits per heavy atom. The summed E-state index contributed by atoms with van der Waals surface area (Å²) in [4.78, 5) is 9.49. The number of hydrogen-bond donors (Lipinski definition) is 0. The van der Waals surface area contributed by atoms with E-state index in [4.69, 9.17) is 10.5 Å². The van der Waals surface area contributed by atoms with Crippen LogP contribution >= 0.6 is 0 Å². The summed E-state index contributed by atoms with van der Waals surface area (Å²) in [6.45, 7) is 0. The topological polar surface area (TPSA) is 90.7 Å². The third-order valence-corrected chi connectivity index (χ3v) is 2.11. The Morgan fingerprint density at radius 3 is 2.33 bits per heavy atom. The fraction of sp³-hybridized carbons (Fsp3) is 0.200. The van der Waals surface area contributed by atoms with Crippen molar-refractivity contribution in [2.45, 2.75) is 12.6 Å². The number of halogens is 3. The van der Waals surface area contributed by atoms with Gasteiger partial charge in [-0.05, 0) is 11.6 Å². The van der Waals surface area contributed by atoms with Crippen LogP contribution in [0.15, 0.2) is 12.1 Å². The van der Waals surface area contributed by atoms with E-state index in [9.17, 15) is 23.3 Å². The molecule has 0 aliphatic carbocycles. The molecular formula is C10H4F3N3O2. The van der Waals surface area contributed by atoms with Crippen molar-refractivity contribution in [2.75, 3.05) is 0 Å². The predicted molar refractivity (Wildman–Crippen MR) is 52.1 cm³/mol. The molecule has 0 aliphatic heterocycles. The van der Waals surface area contributed by atoms with Gasteiger partial charge in [-0.1, -0.05) is 0 Å². The molecule has 0 amide bonds. The lowest BCUT2D eigenvalue weighted by molar-refractivity contribution is -0.385. The maximum atomic E-state index is 12.6. The smallest absolute Gasteiger partial charge is 0.258 e. The lowest BCUT2D eigenvalue weighted by Gasteiger charge is -2.11. The van der Waals surface area contributed by atoms with Crippen LogP contribution in [0.1, 0.15) is 16.7 Å². The molecule has 8 heteroatoms. The van der Waals surface area contributed by atoms with Crippen molar-refractivity contribution in [3.8, 4) is 12.1 Å². The molecule has 0 bridgehead atoms. The SMILES string of the molecule is N#CCc1cc(C#N)c([N+](=O)[O-])cc1C(F)(F)F. The molecule has 5 nitrogen and oxygen atoms in total. The lowest BCUT2D eigenvalue weighted by Crippen LogP contribution is -2.10. The minimum Gasteiger partial charge on any atom is -0.258 e. The molecule has 0 N–H and O–H groups in total. The highest BCUT2D eigenvalue weighted by Crippen LogP contribution is 2.36. The van der Waals surface area contributed by atoms with Crippen molar-refractivity contribution in [2.24, 2.45) is 0 Å².